The quantitative estimate of drug-likeness (QED) is 0.850. The zero-order valence-corrected chi connectivity index (χ0v) is 15.2. The molecule has 1 atom stereocenters. The molecular weight excluding hydrogens is 322 g/mol. The van der Waals surface area contributed by atoms with Crippen molar-refractivity contribution in [2.24, 2.45) is 0 Å². The topological polar surface area (TPSA) is 44.8 Å². The molecule has 1 aromatic rings. The van der Waals surface area contributed by atoms with Gasteiger partial charge in [-0.15, -0.1) is 11.3 Å². The Bertz CT molecular complexity index is 553. The molecule has 24 heavy (non-hydrogen) atoms. The molecule has 2 aliphatic rings. The average molecular weight is 350 g/mol. The summed E-state index contributed by atoms with van der Waals surface area (Å²) in [6.07, 6.45) is 2.04. The highest BCUT2D eigenvalue weighted by atomic mass is 32.1. The van der Waals surface area contributed by atoms with Gasteiger partial charge in [0.05, 0.1) is 13.2 Å². The second kappa shape index (κ2) is 8.14. The lowest BCUT2D eigenvalue weighted by molar-refractivity contribution is -0.0141. The van der Waals surface area contributed by atoms with Crippen LogP contribution in [0.15, 0.2) is 29.7 Å². The van der Waals surface area contributed by atoms with Gasteiger partial charge >= 0.3 is 6.03 Å². The molecular formula is C18H27N3O2S. The summed E-state index contributed by atoms with van der Waals surface area (Å²) in [5, 5.41) is 5.27. The highest BCUT2D eigenvalue weighted by Gasteiger charge is 2.28. The van der Waals surface area contributed by atoms with Crippen LogP contribution in [-0.4, -0.2) is 61.2 Å². The lowest BCUT2D eigenvalue weighted by Crippen LogP contribution is -2.52. The number of hydrogen-bond donors (Lipinski definition) is 1. The molecule has 2 fully saturated rings. The first-order valence-corrected chi connectivity index (χ1v) is 9.57. The number of carbonyl (C=O) groups excluding carboxylic acids is 1. The zero-order valence-electron chi connectivity index (χ0n) is 14.4. The predicted octanol–water partition coefficient (Wildman–Crippen LogP) is 2.87. The lowest BCUT2D eigenvalue weighted by Gasteiger charge is -2.36. The van der Waals surface area contributed by atoms with Gasteiger partial charge < -0.3 is 15.0 Å². The fourth-order valence-electron chi connectivity index (χ4n) is 3.36. The van der Waals surface area contributed by atoms with Gasteiger partial charge in [0.15, 0.2) is 0 Å². The predicted molar refractivity (Wildman–Crippen MR) is 97.4 cm³/mol. The van der Waals surface area contributed by atoms with Crippen LogP contribution in [0.3, 0.4) is 0 Å². The summed E-state index contributed by atoms with van der Waals surface area (Å²) in [7, 11) is 0. The average Bonchev–Trinajstić information content (AvgIpc) is 3.11. The van der Waals surface area contributed by atoms with Crippen LogP contribution in [0, 0.1) is 0 Å². The van der Waals surface area contributed by atoms with Crippen LogP contribution in [0.2, 0.25) is 0 Å². The largest absolute Gasteiger partial charge is 0.369 e. The molecule has 1 unspecified atom stereocenters. The van der Waals surface area contributed by atoms with E-state index in [4.69, 9.17) is 4.74 Å². The molecule has 2 amide bonds. The number of hydrogen-bond acceptors (Lipinski definition) is 4. The van der Waals surface area contributed by atoms with E-state index < -0.39 is 0 Å². The molecule has 0 bridgehead atoms. The van der Waals surface area contributed by atoms with Gasteiger partial charge in [-0.1, -0.05) is 18.2 Å². The van der Waals surface area contributed by atoms with E-state index in [0.29, 0.717) is 19.7 Å². The minimum Gasteiger partial charge on any atom is -0.369 e. The molecule has 1 aromatic heterocycles. The van der Waals surface area contributed by atoms with Gasteiger partial charge in [0.25, 0.3) is 0 Å². The summed E-state index contributed by atoms with van der Waals surface area (Å²) >= 11 is 1.69. The second-order valence-corrected chi connectivity index (χ2v) is 7.76. The second-order valence-electron chi connectivity index (χ2n) is 6.78. The van der Waals surface area contributed by atoms with Crippen LogP contribution in [0.25, 0.3) is 0 Å². The third-order valence-corrected chi connectivity index (χ3v) is 5.59. The van der Waals surface area contributed by atoms with Gasteiger partial charge in [0.2, 0.25) is 0 Å². The van der Waals surface area contributed by atoms with E-state index in [0.717, 1.165) is 32.5 Å². The van der Waals surface area contributed by atoms with Gasteiger partial charge in [-0.25, -0.2) is 4.79 Å². The van der Waals surface area contributed by atoms with Gasteiger partial charge in [-0.05, 0) is 31.2 Å². The Morgan fingerprint density at radius 2 is 2.21 bits per heavy atom. The molecule has 3 heterocycles. The zero-order chi connectivity index (χ0) is 16.9. The SMILES string of the molecule is C=C(C)CN1CCC(NC(=O)N2CCOC(c3cccs3)C2)CC1. The fourth-order valence-corrected chi connectivity index (χ4v) is 4.13. The Morgan fingerprint density at radius 3 is 2.88 bits per heavy atom. The number of nitrogens with one attached hydrogen (secondary N) is 1. The molecule has 0 aromatic carbocycles. The van der Waals surface area contributed by atoms with Crippen molar-refractivity contribution < 1.29 is 9.53 Å². The normalized spacial score (nSPS) is 23.2. The van der Waals surface area contributed by atoms with Crippen LogP contribution in [-0.2, 0) is 4.74 Å². The Hall–Kier alpha value is -1.37. The van der Waals surface area contributed by atoms with E-state index in [1.807, 2.05) is 11.0 Å². The third kappa shape index (κ3) is 4.59. The first-order chi connectivity index (χ1) is 11.6. The summed E-state index contributed by atoms with van der Waals surface area (Å²) in [6.45, 7) is 11.0. The van der Waals surface area contributed by atoms with Gasteiger partial charge in [0.1, 0.15) is 6.10 Å². The molecule has 0 radical (unpaired) electrons. The van der Waals surface area contributed by atoms with Crippen molar-refractivity contribution in [1.29, 1.82) is 0 Å². The summed E-state index contributed by atoms with van der Waals surface area (Å²) in [5.41, 5.74) is 1.20. The first kappa shape index (κ1) is 17.5. The molecule has 0 saturated carbocycles. The van der Waals surface area contributed by atoms with Gasteiger partial charge in [-0.3, -0.25) is 4.90 Å². The Balaban J connectivity index is 1.46. The van der Waals surface area contributed by atoms with Crippen molar-refractivity contribution in [3.8, 4) is 0 Å². The van der Waals surface area contributed by atoms with Crippen molar-refractivity contribution in [3.63, 3.8) is 0 Å². The molecule has 3 rings (SSSR count). The van der Waals surface area contributed by atoms with Crippen molar-refractivity contribution in [3.05, 3.63) is 34.5 Å². The van der Waals surface area contributed by atoms with Crippen LogP contribution >= 0.6 is 11.3 Å². The fraction of sp³-hybridized carbons (Fsp3) is 0.611. The van der Waals surface area contributed by atoms with Crippen LogP contribution in [0.5, 0.6) is 0 Å². The minimum absolute atomic E-state index is 0.0157. The molecule has 2 aliphatic heterocycles. The summed E-state index contributed by atoms with van der Waals surface area (Å²) in [6, 6.07) is 4.44. The maximum atomic E-state index is 12.6. The van der Waals surface area contributed by atoms with Crippen molar-refractivity contribution in [2.75, 3.05) is 39.3 Å². The number of rotatable bonds is 4. The van der Waals surface area contributed by atoms with Gasteiger partial charge in [-0.2, -0.15) is 0 Å². The number of thiophene rings is 1. The van der Waals surface area contributed by atoms with E-state index >= 15 is 0 Å². The Labute approximate surface area is 148 Å². The molecule has 5 nitrogen and oxygen atoms in total. The highest BCUT2D eigenvalue weighted by molar-refractivity contribution is 7.10. The summed E-state index contributed by atoms with van der Waals surface area (Å²) in [5.74, 6) is 0. The molecule has 2 saturated heterocycles. The van der Waals surface area contributed by atoms with Crippen LogP contribution < -0.4 is 5.32 Å². The number of carbonyl (C=O) groups is 1. The van der Waals surface area contributed by atoms with Crippen molar-refractivity contribution >= 4 is 17.4 Å². The number of piperidine rings is 1. The van der Waals surface area contributed by atoms with E-state index in [-0.39, 0.29) is 18.2 Å². The first-order valence-electron chi connectivity index (χ1n) is 8.69. The molecule has 0 spiro atoms. The van der Waals surface area contributed by atoms with Crippen LogP contribution in [0.4, 0.5) is 4.79 Å². The number of nitrogens with zero attached hydrogens (tertiary/aromatic N) is 2. The number of amides is 2. The highest BCUT2D eigenvalue weighted by Crippen LogP contribution is 2.26. The number of ether oxygens (including phenoxy) is 1. The minimum atomic E-state index is 0.0157. The Morgan fingerprint density at radius 1 is 1.42 bits per heavy atom. The number of morpholine rings is 1. The standard InChI is InChI=1S/C18H27N3O2S/c1-14(2)12-20-7-5-15(6-8-20)19-18(22)21-9-10-23-16(13-21)17-4-3-11-24-17/h3-4,11,15-16H,1,5-10,12-13H2,2H3,(H,19,22). The monoisotopic (exact) mass is 349 g/mol. The van der Waals surface area contributed by atoms with E-state index in [2.05, 4.69) is 35.2 Å². The maximum Gasteiger partial charge on any atom is 0.317 e. The lowest BCUT2D eigenvalue weighted by atomic mass is 10.0. The molecule has 0 aliphatic carbocycles. The Kier molecular flexibility index (Phi) is 5.92. The number of urea groups is 1. The summed E-state index contributed by atoms with van der Waals surface area (Å²) in [4.78, 5) is 18.1. The smallest absolute Gasteiger partial charge is 0.317 e. The van der Waals surface area contributed by atoms with Crippen molar-refractivity contribution in [1.82, 2.24) is 15.1 Å². The van der Waals surface area contributed by atoms with E-state index in [1.165, 1.54) is 10.5 Å². The third-order valence-electron chi connectivity index (χ3n) is 4.62. The number of likely N-dealkylation sites (tertiary alicyclic amines) is 1. The van der Waals surface area contributed by atoms with E-state index in [9.17, 15) is 4.79 Å². The molecule has 132 valence electrons. The van der Waals surface area contributed by atoms with Crippen molar-refractivity contribution in [2.45, 2.75) is 31.9 Å². The van der Waals surface area contributed by atoms with E-state index in [1.54, 1.807) is 11.3 Å². The van der Waals surface area contributed by atoms with Gasteiger partial charge in [0, 0.05) is 37.1 Å². The maximum absolute atomic E-state index is 12.6. The summed E-state index contributed by atoms with van der Waals surface area (Å²) < 4.78 is 5.82. The molecule has 1 N–H and O–H groups in total. The van der Waals surface area contributed by atoms with Crippen LogP contribution in [0.1, 0.15) is 30.7 Å². The molecule has 6 heteroatoms.